The van der Waals surface area contributed by atoms with E-state index in [4.69, 9.17) is 21.1 Å². The molecule has 4 rings (SSSR count). The van der Waals surface area contributed by atoms with Gasteiger partial charge in [-0.1, -0.05) is 54.1 Å². The zero-order chi connectivity index (χ0) is 20.4. The highest BCUT2D eigenvalue weighted by Gasteiger charge is 2.12. The summed E-state index contributed by atoms with van der Waals surface area (Å²) >= 11 is 6.04. The van der Waals surface area contributed by atoms with Crippen molar-refractivity contribution in [3.8, 4) is 17.4 Å². The number of carboxylic acids is 1. The number of fused-ring (bicyclic) bond motifs is 1. The van der Waals surface area contributed by atoms with E-state index in [9.17, 15) is 10.1 Å². The predicted molar refractivity (Wildman–Crippen MR) is 114 cm³/mol. The first kappa shape index (κ1) is 18.5. The van der Waals surface area contributed by atoms with Crippen LogP contribution in [0.5, 0.6) is 0 Å². The van der Waals surface area contributed by atoms with Crippen molar-refractivity contribution in [3.05, 3.63) is 94.7 Å². The first-order valence-corrected chi connectivity index (χ1v) is 9.17. The van der Waals surface area contributed by atoms with Gasteiger partial charge in [-0.2, -0.15) is 5.26 Å². The molecule has 0 bridgehead atoms. The minimum absolute atomic E-state index is 0.0326. The van der Waals surface area contributed by atoms with Crippen LogP contribution < -0.4 is 0 Å². The van der Waals surface area contributed by atoms with Gasteiger partial charge in [0.25, 0.3) is 0 Å². The van der Waals surface area contributed by atoms with E-state index >= 15 is 0 Å². The SMILES string of the molecule is N#C/C(=C/c1ccc(-c2ccc(C(=O)O)c(Cl)c2)o1)c1ccc2ccccc2c1. The Labute approximate surface area is 171 Å². The Balaban J connectivity index is 1.67. The molecule has 0 saturated heterocycles. The van der Waals surface area contributed by atoms with Crippen molar-refractivity contribution in [2.45, 2.75) is 0 Å². The Kier molecular flexibility index (Phi) is 4.90. The second kappa shape index (κ2) is 7.67. The third kappa shape index (κ3) is 3.77. The Morgan fingerprint density at radius 2 is 1.79 bits per heavy atom. The zero-order valence-electron chi connectivity index (χ0n) is 15.1. The molecule has 1 aromatic heterocycles. The van der Waals surface area contributed by atoms with Crippen LogP contribution in [0.3, 0.4) is 0 Å². The van der Waals surface area contributed by atoms with E-state index in [2.05, 4.69) is 6.07 Å². The highest BCUT2D eigenvalue weighted by Crippen LogP contribution is 2.29. The average molecular weight is 400 g/mol. The standard InChI is InChI=1S/C24H14ClNO3/c25-22-13-18(7-9-21(22)24(27)28)23-10-8-20(29-23)12-19(14-26)17-6-5-15-3-1-2-4-16(15)11-17/h1-13H,(H,27,28)/b19-12-. The van der Waals surface area contributed by atoms with E-state index in [1.54, 1.807) is 30.3 Å². The van der Waals surface area contributed by atoms with Gasteiger partial charge in [-0.3, -0.25) is 0 Å². The van der Waals surface area contributed by atoms with Gasteiger partial charge < -0.3 is 9.52 Å². The van der Waals surface area contributed by atoms with Crippen LogP contribution in [0.2, 0.25) is 5.02 Å². The highest BCUT2D eigenvalue weighted by molar-refractivity contribution is 6.33. The highest BCUT2D eigenvalue weighted by atomic mass is 35.5. The molecule has 0 amide bonds. The van der Waals surface area contributed by atoms with Crippen LogP contribution in [-0.4, -0.2) is 11.1 Å². The van der Waals surface area contributed by atoms with Crippen LogP contribution >= 0.6 is 11.6 Å². The molecule has 0 aliphatic carbocycles. The van der Waals surface area contributed by atoms with Crippen molar-refractivity contribution in [2.75, 3.05) is 0 Å². The smallest absolute Gasteiger partial charge is 0.337 e. The van der Waals surface area contributed by atoms with E-state index in [1.165, 1.54) is 6.07 Å². The second-order valence-electron chi connectivity index (χ2n) is 6.43. The maximum Gasteiger partial charge on any atom is 0.337 e. The number of halogens is 1. The van der Waals surface area contributed by atoms with Crippen LogP contribution in [0.25, 0.3) is 33.7 Å². The molecule has 140 valence electrons. The number of nitrogens with zero attached hydrogens (tertiary/aromatic N) is 1. The van der Waals surface area contributed by atoms with E-state index in [-0.39, 0.29) is 10.6 Å². The topological polar surface area (TPSA) is 74.2 Å². The lowest BCUT2D eigenvalue weighted by Gasteiger charge is -2.03. The van der Waals surface area contributed by atoms with Crippen LogP contribution in [0.4, 0.5) is 0 Å². The first-order valence-electron chi connectivity index (χ1n) is 8.79. The predicted octanol–water partition coefficient (Wildman–Crippen LogP) is 6.52. The number of carbonyl (C=O) groups is 1. The number of furan rings is 1. The minimum Gasteiger partial charge on any atom is -0.478 e. The summed E-state index contributed by atoms with van der Waals surface area (Å²) in [5.41, 5.74) is 1.97. The fourth-order valence-corrected chi connectivity index (χ4v) is 3.37. The number of aromatic carboxylic acids is 1. The van der Waals surface area contributed by atoms with Crippen LogP contribution in [0.1, 0.15) is 21.7 Å². The first-order chi connectivity index (χ1) is 14.0. The number of benzene rings is 3. The molecule has 5 heteroatoms. The van der Waals surface area contributed by atoms with Gasteiger partial charge >= 0.3 is 5.97 Å². The summed E-state index contributed by atoms with van der Waals surface area (Å²) in [4.78, 5) is 11.1. The van der Waals surface area contributed by atoms with E-state index in [1.807, 2.05) is 42.5 Å². The fraction of sp³-hybridized carbons (Fsp3) is 0. The van der Waals surface area contributed by atoms with E-state index in [0.717, 1.165) is 16.3 Å². The van der Waals surface area contributed by atoms with E-state index in [0.29, 0.717) is 22.7 Å². The van der Waals surface area contributed by atoms with Gasteiger partial charge in [0.05, 0.1) is 22.2 Å². The molecule has 4 nitrogen and oxygen atoms in total. The maximum absolute atomic E-state index is 11.1. The average Bonchev–Trinajstić information content (AvgIpc) is 3.20. The Bertz CT molecular complexity index is 1310. The van der Waals surface area contributed by atoms with Crippen LogP contribution in [0.15, 0.2) is 77.2 Å². The number of hydrogen-bond acceptors (Lipinski definition) is 3. The summed E-state index contributed by atoms with van der Waals surface area (Å²) in [6, 6.07) is 24.2. The second-order valence-corrected chi connectivity index (χ2v) is 6.84. The maximum atomic E-state index is 11.1. The van der Waals surface area contributed by atoms with Gasteiger partial charge in [0.1, 0.15) is 11.5 Å². The van der Waals surface area contributed by atoms with Crippen molar-refractivity contribution in [1.82, 2.24) is 0 Å². The molecule has 4 aromatic rings. The Morgan fingerprint density at radius 3 is 2.52 bits per heavy atom. The quantitative estimate of drug-likeness (QED) is 0.396. The van der Waals surface area contributed by atoms with Gasteiger partial charge in [0.2, 0.25) is 0 Å². The molecule has 0 fully saturated rings. The normalized spacial score (nSPS) is 11.4. The number of hydrogen-bond donors (Lipinski definition) is 1. The molecule has 0 aliphatic heterocycles. The molecule has 1 heterocycles. The van der Waals surface area contributed by atoms with E-state index < -0.39 is 5.97 Å². The third-order valence-electron chi connectivity index (χ3n) is 4.58. The molecule has 0 atom stereocenters. The van der Waals surface area contributed by atoms with Crippen molar-refractivity contribution in [2.24, 2.45) is 0 Å². The molecule has 0 unspecified atom stereocenters. The lowest BCUT2D eigenvalue weighted by Crippen LogP contribution is -1.96. The summed E-state index contributed by atoms with van der Waals surface area (Å²) in [6.45, 7) is 0. The fourth-order valence-electron chi connectivity index (χ4n) is 3.11. The molecule has 29 heavy (non-hydrogen) atoms. The van der Waals surface area contributed by atoms with Crippen LogP contribution in [-0.2, 0) is 0 Å². The van der Waals surface area contributed by atoms with Gasteiger partial charge in [0, 0.05) is 5.56 Å². The number of rotatable bonds is 4. The Morgan fingerprint density at radius 1 is 1.00 bits per heavy atom. The summed E-state index contributed by atoms with van der Waals surface area (Å²) in [5.74, 6) is -0.0345. The minimum atomic E-state index is -1.08. The molecule has 0 saturated carbocycles. The lowest BCUT2D eigenvalue weighted by molar-refractivity contribution is 0.0697. The number of nitriles is 1. The monoisotopic (exact) mass is 399 g/mol. The van der Waals surface area contributed by atoms with Gasteiger partial charge in [-0.15, -0.1) is 0 Å². The van der Waals surface area contributed by atoms with Crippen molar-refractivity contribution in [1.29, 1.82) is 5.26 Å². The molecule has 0 aliphatic rings. The molecule has 0 radical (unpaired) electrons. The number of carboxylic acid groups (broad SMARTS) is 1. The van der Waals surface area contributed by atoms with Crippen molar-refractivity contribution >= 4 is 40.0 Å². The van der Waals surface area contributed by atoms with Gasteiger partial charge in [0.15, 0.2) is 0 Å². The molecular weight excluding hydrogens is 386 g/mol. The molecule has 0 spiro atoms. The number of allylic oxidation sites excluding steroid dienone is 1. The van der Waals surface area contributed by atoms with Gasteiger partial charge in [-0.25, -0.2) is 4.79 Å². The Hall–Kier alpha value is -3.81. The van der Waals surface area contributed by atoms with Crippen molar-refractivity contribution < 1.29 is 14.3 Å². The summed E-state index contributed by atoms with van der Waals surface area (Å²) in [5, 5.41) is 21.0. The third-order valence-corrected chi connectivity index (χ3v) is 4.89. The molecule has 3 aromatic carbocycles. The molecule has 1 N–H and O–H groups in total. The van der Waals surface area contributed by atoms with Crippen molar-refractivity contribution in [3.63, 3.8) is 0 Å². The summed E-state index contributed by atoms with van der Waals surface area (Å²) in [6.07, 6.45) is 1.68. The zero-order valence-corrected chi connectivity index (χ0v) is 15.9. The van der Waals surface area contributed by atoms with Gasteiger partial charge in [-0.05, 0) is 52.7 Å². The lowest BCUT2D eigenvalue weighted by atomic mass is 10.0. The largest absolute Gasteiger partial charge is 0.478 e. The van der Waals surface area contributed by atoms with Crippen LogP contribution in [0, 0.1) is 11.3 Å². The summed E-state index contributed by atoms with van der Waals surface area (Å²) in [7, 11) is 0. The molecular formula is C24H14ClNO3. The summed E-state index contributed by atoms with van der Waals surface area (Å²) < 4.78 is 5.83.